The van der Waals surface area contributed by atoms with Crippen molar-refractivity contribution in [3.8, 4) is 0 Å². The third-order valence-corrected chi connectivity index (χ3v) is 2.58. The predicted molar refractivity (Wildman–Crippen MR) is 51.0 cm³/mol. The molecule has 1 nitrogen and oxygen atoms in total. The molecule has 1 rings (SSSR count). The molecule has 1 unspecified atom stereocenters. The summed E-state index contributed by atoms with van der Waals surface area (Å²) in [4.78, 5) is 11.4. The summed E-state index contributed by atoms with van der Waals surface area (Å²) in [6.45, 7) is 1.97. The van der Waals surface area contributed by atoms with E-state index in [-0.39, 0.29) is 0 Å². The van der Waals surface area contributed by atoms with Crippen LogP contribution < -0.4 is 0 Å². The number of ketones is 1. The Kier molecular flexibility index (Phi) is 4.06. The molecular weight excluding hydrogens is 148 g/mol. The zero-order valence-corrected chi connectivity index (χ0v) is 7.88. The van der Waals surface area contributed by atoms with Gasteiger partial charge in [0.1, 0.15) is 5.78 Å². The van der Waals surface area contributed by atoms with Crippen LogP contribution in [0.2, 0.25) is 0 Å². The molecule has 1 atom stereocenters. The highest BCUT2D eigenvalue weighted by molar-refractivity contribution is 5.80. The van der Waals surface area contributed by atoms with Crippen LogP contribution in [0.15, 0.2) is 12.2 Å². The molecule has 0 radical (unpaired) electrons. The summed E-state index contributed by atoms with van der Waals surface area (Å²) in [5, 5.41) is 0. The van der Waals surface area contributed by atoms with Crippen molar-refractivity contribution in [1.82, 2.24) is 0 Å². The van der Waals surface area contributed by atoms with Crippen LogP contribution in [0.3, 0.4) is 0 Å². The first kappa shape index (κ1) is 9.50. The molecule has 0 aromatic rings. The maximum Gasteiger partial charge on any atom is 0.135 e. The molecule has 0 N–H and O–H groups in total. The molecule has 0 aromatic carbocycles. The van der Waals surface area contributed by atoms with Gasteiger partial charge < -0.3 is 0 Å². The minimum atomic E-state index is 0.361. The van der Waals surface area contributed by atoms with Gasteiger partial charge in [-0.2, -0.15) is 0 Å². The summed E-state index contributed by atoms with van der Waals surface area (Å²) in [5.74, 6) is 0.824. The number of carbonyl (C=O) groups excluding carboxylic acids is 1. The van der Waals surface area contributed by atoms with E-state index >= 15 is 0 Å². The molecule has 0 saturated heterocycles. The Bertz CT molecular complexity index is 170. The van der Waals surface area contributed by atoms with Crippen molar-refractivity contribution in [2.24, 2.45) is 5.92 Å². The van der Waals surface area contributed by atoms with E-state index in [0.29, 0.717) is 18.1 Å². The Morgan fingerprint density at radius 2 is 2.08 bits per heavy atom. The fraction of sp³-hybridized carbons (Fsp3) is 0.727. The molecule has 0 bridgehead atoms. The van der Waals surface area contributed by atoms with E-state index in [1.807, 2.05) is 6.92 Å². The van der Waals surface area contributed by atoms with Crippen LogP contribution in [0, 0.1) is 5.92 Å². The number of hydrogen-bond donors (Lipinski definition) is 0. The Morgan fingerprint density at radius 1 is 1.33 bits per heavy atom. The number of rotatable bonds is 2. The van der Waals surface area contributed by atoms with Crippen LogP contribution in [0.4, 0.5) is 0 Å². The Balaban J connectivity index is 2.42. The van der Waals surface area contributed by atoms with Crippen molar-refractivity contribution in [3.05, 3.63) is 12.2 Å². The van der Waals surface area contributed by atoms with Gasteiger partial charge in [0.05, 0.1) is 0 Å². The second-order valence-electron chi connectivity index (χ2n) is 3.50. The average molecular weight is 166 g/mol. The van der Waals surface area contributed by atoms with Crippen LogP contribution in [-0.2, 0) is 4.79 Å². The normalized spacial score (nSPS) is 27.2. The van der Waals surface area contributed by atoms with Crippen molar-refractivity contribution in [2.75, 3.05) is 0 Å². The first-order chi connectivity index (χ1) is 5.84. The quantitative estimate of drug-likeness (QED) is 0.576. The molecule has 1 heteroatoms. The number of carbonyl (C=O) groups is 1. The number of hydrogen-bond acceptors (Lipinski definition) is 1. The highest BCUT2D eigenvalue weighted by Crippen LogP contribution is 2.20. The average Bonchev–Trinajstić information content (AvgIpc) is 2.02. The molecular formula is C11H18O. The minimum absolute atomic E-state index is 0.361. The van der Waals surface area contributed by atoms with Gasteiger partial charge in [-0.3, -0.25) is 4.79 Å². The molecule has 0 aromatic heterocycles. The third kappa shape index (κ3) is 2.80. The molecule has 0 spiro atoms. The van der Waals surface area contributed by atoms with Gasteiger partial charge in [-0.1, -0.05) is 19.1 Å². The van der Waals surface area contributed by atoms with Crippen molar-refractivity contribution in [3.63, 3.8) is 0 Å². The largest absolute Gasteiger partial charge is 0.299 e. The van der Waals surface area contributed by atoms with E-state index in [9.17, 15) is 4.79 Å². The van der Waals surface area contributed by atoms with Crippen molar-refractivity contribution >= 4 is 5.78 Å². The first-order valence-corrected chi connectivity index (χ1v) is 5.02. The SMILES string of the molecule is CCC(=O)C1CC/C=C\CCC1. The smallest absolute Gasteiger partial charge is 0.135 e. The van der Waals surface area contributed by atoms with Crippen molar-refractivity contribution < 1.29 is 4.79 Å². The fourth-order valence-electron chi connectivity index (χ4n) is 1.77. The molecule has 0 aliphatic heterocycles. The summed E-state index contributed by atoms with van der Waals surface area (Å²) in [5.41, 5.74) is 0. The summed E-state index contributed by atoms with van der Waals surface area (Å²) < 4.78 is 0. The summed E-state index contributed by atoms with van der Waals surface area (Å²) >= 11 is 0. The van der Waals surface area contributed by atoms with Gasteiger partial charge in [0.25, 0.3) is 0 Å². The van der Waals surface area contributed by atoms with Crippen LogP contribution in [0.1, 0.15) is 45.4 Å². The van der Waals surface area contributed by atoms with Crippen molar-refractivity contribution in [1.29, 1.82) is 0 Å². The maximum atomic E-state index is 11.4. The van der Waals surface area contributed by atoms with Crippen LogP contribution in [0.25, 0.3) is 0 Å². The standard InChI is InChI=1S/C11H18O/c1-2-11(12)10-8-6-4-3-5-7-9-10/h3-4,10H,2,5-9H2,1H3/b4-3-. The fourth-order valence-corrected chi connectivity index (χ4v) is 1.77. The summed E-state index contributed by atoms with van der Waals surface area (Å²) in [7, 11) is 0. The van der Waals surface area contributed by atoms with Crippen molar-refractivity contribution in [2.45, 2.75) is 45.4 Å². The minimum Gasteiger partial charge on any atom is -0.299 e. The van der Waals surface area contributed by atoms with Gasteiger partial charge in [-0.25, -0.2) is 0 Å². The lowest BCUT2D eigenvalue weighted by Gasteiger charge is -2.14. The van der Waals surface area contributed by atoms with E-state index in [1.54, 1.807) is 0 Å². The molecule has 0 fully saturated rings. The second-order valence-corrected chi connectivity index (χ2v) is 3.50. The highest BCUT2D eigenvalue weighted by atomic mass is 16.1. The van der Waals surface area contributed by atoms with E-state index in [2.05, 4.69) is 12.2 Å². The summed E-state index contributed by atoms with van der Waals surface area (Å²) in [6, 6.07) is 0. The molecule has 0 amide bonds. The van der Waals surface area contributed by atoms with Gasteiger partial charge in [0.2, 0.25) is 0 Å². The van der Waals surface area contributed by atoms with Gasteiger partial charge in [-0.05, 0) is 32.1 Å². The lowest BCUT2D eigenvalue weighted by Crippen LogP contribution is -2.13. The summed E-state index contributed by atoms with van der Waals surface area (Å²) in [6.07, 6.45) is 10.8. The molecule has 0 saturated carbocycles. The van der Waals surface area contributed by atoms with E-state index in [4.69, 9.17) is 0 Å². The Labute approximate surface area is 74.9 Å². The van der Waals surface area contributed by atoms with Crippen LogP contribution in [-0.4, -0.2) is 5.78 Å². The Morgan fingerprint density at radius 3 is 2.83 bits per heavy atom. The predicted octanol–water partition coefficient (Wildman–Crippen LogP) is 3.10. The van der Waals surface area contributed by atoms with Crippen LogP contribution >= 0.6 is 0 Å². The second kappa shape index (κ2) is 5.13. The molecule has 1 aliphatic carbocycles. The monoisotopic (exact) mass is 166 g/mol. The maximum absolute atomic E-state index is 11.4. The van der Waals surface area contributed by atoms with Gasteiger partial charge >= 0.3 is 0 Å². The zero-order chi connectivity index (χ0) is 8.81. The van der Waals surface area contributed by atoms with Gasteiger partial charge in [0, 0.05) is 12.3 Å². The van der Waals surface area contributed by atoms with E-state index in [1.165, 1.54) is 6.42 Å². The van der Waals surface area contributed by atoms with Gasteiger partial charge in [-0.15, -0.1) is 0 Å². The third-order valence-electron chi connectivity index (χ3n) is 2.58. The van der Waals surface area contributed by atoms with E-state index < -0.39 is 0 Å². The van der Waals surface area contributed by atoms with E-state index in [0.717, 1.165) is 25.7 Å². The lowest BCUT2D eigenvalue weighted by atomic mass is 9.89. The Hall–Kier alpha value is -0.590. The number of Topliss-reactive ketones (excluding diaryl/α,β-unsaturated/α-hetero) is 1. The topological polar surface area (TPSA) is 17.1 Å². The first-order valence-electron chi connectivity index (χ1n) is 5.02. The lowest BCUT2D eigenvalue weighted by molar-refractivity contribution is -0.123. The molecule has 12 heavy (non-hydrogen) atoms. The molecule has 68 valence electrons. The van der Waals surface area contributed by atoms with Crippen LogP contribution in [0.5, 0.6) is 0 Å². The highest BCUT2D eigenvalue weighted by Gasteiger charge is 2.15. The zero-order valence-electron chi connectivity index (χ0n) is 7.88. The molecule has 0 heterocycles. The number of allylic oxidation sites excluding steroid dienone is 2. The molecule has 1 aliphatic rings. The van der Waals surface area contributed by atoms with Gasteiger partial charge in [0.15, 0.2) is 0 Å².